The number of pyridine rings is 1. The molecule has 5 heteroatoms. The van der Waals surface area contributed by atoms with Crippen LogP contribution in [0.4, 0.5) is 5.95 Å². The summed E-state index contributed by atoms with van der Waals surface area (Å²) in [5, 5.41) is 7.93. The molecule has 0 radical (unpaired) electrons. The highest BCUT2D eigenvalue weighted by Crippen LogP contribution is 2.28. The summed E-state index contributed by atoms with van der Waals surface area (Å²) in [6.07, 6.45) is 4.72. The van der Waals surface area contributed by atoms with E-state index >= 15 is 0 Å². The number of rotatable bonds is 2. The zero-order valence-corrected chi connectivity index (χ0v) is 10.7. The molecule has 1 N–H and O–H groups in total. The molecule has 1 aliphatic heterocycles. The number of aromatic nitrogens is 4. The standard InChI is InChI=1S/C13H17N5/c1-9(2)12-16-13-15-7-5-11(18(13)17-12)10-4-3-6-14-8-10/h3-4,6,8-9,11H,5,7H2,1-2H3,(H,15,16,17). The molecular weight excluding hydrogens is 226 g/mol. The van der Waals surface area contributed by atoms with E-state index < -0.39 is 0 Å². The third-order valence-corrected chi connectivity index (χ3v) is 3.23. The SMILES string of the molecule is CC(C)c1nc2n(n1)C(c1cccnc1)CCN2. The highest BCUT2D eigenvalue weighted by Gasteiger charge is 2.25. The third-order valence-electron chi connectivity index (χ3n) is 3.23. The maximum atomic E-state index is 4.62. The van der Waals surface area contributed by atoms with Crippen LogP contribution >= 0.6 is 0 Å². The molecule has 0 saturated heterocycles. The lowest BCUT2D eigenvalue weighted by Gasteiger charge is -2.24. The van der Waals surface area contributed by atoms with Crippen molar-refractivity contribution < 1.29 is 0 Å². The second kappa shape index (κ2) is 4.40. The van der Waals surface area contributed by atoms with E-state index in [9.17, 15) is 0 Å². The van der Waals surface area contributed by atoms with Gasteiger partial charge < -0.3 is 5.32 Å². The van der Waals surface area contributed by atoms with Crippen LogP contribution < -0.4 is 5.32 Å². The first-order valence-electron chi connectivity index (χ1n) is 6.36. The summed E-state index contributed by atoms with van der Waals surface area (Å²) < 4.78 is 2.00. The van der Waals surface area contributed by atoms with Crippen LogP contribution in [0.5, 0.6) is 0 Å². The Kier molecular flexibility index (Phi) is 2.74. The Hall–Kier alpha value is -1.91. The summed E-state index contributed by atoms with van der Waals surface area (Å²) in [5.41, 5.74) is 1.19. The van der Waals surface area contributed by atoms with Crippen molar-refractivity contribution in [2.24, 2.45) is 0 Å². The Morgan fingerprint density at radius 1 is 1.44 bits per heavy atom. The number of hydrogen-bond acceptors (Lipinski definition) is 4. The quantitative estimate of drug-likeness (QED) is 0.878. The van der Waals surface area contributed by atoms with E-state index in [0.717, 1.165) is 24.7 Å². The van der Waals surface area contributed by atoms with Crippen LogP contribution in [-0.2, 0) is 0 Å². The van der Waals surface area contributed by atoms with Crippen LogP contribution in [0.25, 0.3) is 0 Å². The molecule has 0 amide bonds. The molecule has 1 unspecified atom stereocenters. The molecule has 18 heavy (non-hydrogen) atoms. The summed E-state index contributed by atoms with van der Waals surface area (Å²) in [5.74, 6) is 2.12. The van der Waals surface area contributed by atoms with Crippen molar-refractivity contribution in [3.63, 3.8) is 0 Å². The van der Waals surface area contributed by atoms with Gasteiger partial charge in [-0.1, -0.05) is 19.9 Å². The number of fused-ring (bicyclic) bond motifs is 1. The molecule has 0 bridgehead atoms. The Morgan fingerprint density at radius 3 is 3.06 bits per heavy atom. The van der Waals surface area contributed by atoms with E-state index in [-0.39, 0.29) is 6.04 Å². The molecule has 1 aliphatic rings. The highest BCUT2D eigenvalue weighted by molar-refractivity contribution is 5.32. The molecule has 1 atom stereocenters. The van der Waals surface area contributed by atoms with Gasteiger partial charge in [0, 0.05) is 24.9 Å². The van der Waals surface area contributed by atoms with Crippen molar-refractivity contribution in [2.45, 2.75) is 32.2 Å². The Labute approximate surface area is 106 Å². The van der Waals surface area contributed by atoms with E-state index in [1.54, 1.807) is 6.20 Å². The largest absolute Gasteiger partial charge is 0.354 e. The summed E-state index contributed by atoms with van der Waals surface area (Å²) in [4.78, 5) is 8.74. The molecule has 94 valence electrons. The minimum atomic E-state index is 0.245. The zero-order valence-electron chi connectivity index (χ0n) is 10.7. The van der Waals surface area contributed by atoms with Crippen molar-refractivity contribution in [1.29, 1.82) is 0 Å². The van der Waals surface area contributed by atoms with Crippen molar-refractivity contribution in [3.05, 3.63) is 35.9 Å². The van der Waals surface area contributed by atoms with E-state index in [0.29, 0.717) is 5.92 Å². The first kappa shape index (κ1) is 11.2. The Balaban J connectivity index is 2.01. The van der Waals surface area contributed by atoms with Crippen LogP contribution in [0.2, 0.25) is 0 Å². The Morgan fingerprint density at radius 2 is 2.33 bits per heavy atom. The fourth-order valence-electron chi connectivity index (χ4n) is 2.25. The van der Waals surface area contributed by atoms with E-state index in [2.05, 4.69) is 40.3 Å². The average Bonchev–Trinajstić information content (AvgIpc) is 2.83. The number of nitrogens with zero attached hydrogens (tertiary/aromatic N) is 4. The van der Waals surface area contributed by atoms with Crippen molar-refractivity contribution in [3.8, 4) is 0 Å². The minimum Gasteiger partial charge on any atom is -0.354 e. The molecule has 0 aliphatic carbocycles. The second-order valence-corrected chi connectivity index (χ2v) is 4.91. The Bertz CT molecular complexity index is 532. The van der Waals surface area contributed by atoms with Gasteiger partial charge in [0.05, 0.1) is 6.04 Å². The van der Waals surface area contributed by atoms with Gasteiger partial charge in [-0.15, -0.1) is 0 Å². The molecule has 0 fully saturated rings. The molecule has 0 saturated carbocycles. The summed E-state index contributed by atoms with van der Waals surface area (Å²) in [6, 6.07) is 4.32. The molecule has 5 nitrogen and oxygen atoms in total. The average molecular weight is 243 g/mol. The smallest absolute Gasteiger partial charge is 0.221 e. The molecule has 2 aromatic rings. The maximum absolute atomic E-state index is 4.62. The van der Waals surface area contributed by atoms with Crippen LogP contribution in [0.15, 0.2) is 24.5 Å². The number of anilines is 1. The fourth-order valence-corrected chi connectivity index (χ4v) is 2.25. The van der Waals surface area contributed by atoms with Gasteiger partial charge in [-0.2, -0.15) is 10.1 Å². The van der Waals surface area contributed by atoms with Crippen molar-refractivity contribution in [2.75, 3.05) is 11.9 Å². The lowest BCUT2D eigenvalue weighted by atomic mass is 10.1. The van der Waals surface area contributed by atoms with Gasteiger partial charge in [0.2, 0.25) is 5.95 Å². The van der Waals surface area contributed by atoms with Gasteiger partial charge in [0.15, 0.2) is 5.82 Å². The van der Waals surface area contributed by atoms with Crippen LogP contribution in [0.1, 0.15) is 43.6 Å². The lowest BCUT2D eigenvalue weighted by Crippen LogP contribution is -2.24. The first-order valence-corrected chi connectivity index (χ1v) is 6.36. The highest BCUT2D eigenvalue weighted by atomic mass is 15.4. The van der Waals surface area contributed by atoms with Gasteiger partial charge >= 0.3 is 0 Å². The van der Waals surface area contributed by atoms with Crippen LogP contribution in [0.3, 0.4) is 0 Å². The molecule has 3 heterocycles. The maximum Gasteiger partial charge on any atom is 0.221 e. The molecule has 2 aromatic heterocycles. The summed E-state index contributed by atoms with van der Waals surface area (Å²) >= 11 is 0. The first-order chi connectivity index (χ1) is 8.75. The van der Waals surface area contributed by atoms with Crippen molar-refractivity contribution in [1.82, 2.24) is 19.7 Å². The van der Waals surface area contributed by atoms with Crippen molar-refractivity contribution >= 4 is 5.95 Å². The molecular formula is C13H17N5. The zero-order chi connectivity index (χ0) is 12.5. The van der Waals surface area contributed by atoms with Crippen LogP contribution in [-0.4, -0.2) is 26.3 Å². The van der Waals surface area contributed by atoms with E-state index in [4.69, 9.17) is 0 Å². The number of nitrogens with one attached hydrogen (secondary N) is 1. The lowest BCUT2D eigenvalue weighted by molar-refractivity contribution is 0.474. The predicted molar refractivity (Wildman–Crippen MR) is 69.6 cm³/mol. The van der Waals surface area contributed by atoms with E-state index in [1.165, 1.54) is 5.56 Å². The number of hydrogen-bond donors (Lipinski definition) is 1. The topological polar surface area (TPSA) is 55.6 Å². The summed E-state index contributed by atoms with van der Waals surface area (Å²) in [7, 11) is 0. The van der Waals surface area contributed by atoms with Gasteiger partial charge in [-0.3, -0.25) is 4.98 Å². The molecule has 3 rings (SSSR count). The van der Waals surface area contributed by atoms with Gasteiger partial charge in [0.1, 0.15) is 0 Å². The fraction of sp³-hybridized carbons (Fsp3) is 0.462. The van der Waals surface area contributed by atoms with Gasteiger partial charge in [0.25, 0.3) is 0 Å². The van der Waals surface area contributed by atoms with Gasteiger partial charge in [-0.25, -0.2) is 4.68 Å². The third kappa shape index (κ3) is 1.85. The van der Waals surface area contributed by atoms with E-state index in [1.807, 2.05) is 16.9 Å². The summed E-state index contributed by atoms with van der Waals surface area (Å²) in [6.45, 7) is 5.15. The second-order valence-electron chi connectivity index (χ2n) is 4.91. The minimum absolute atomic E-state index is 0.245. The van der Waals surface area contributed by atoms with Gasteiger partial charge in [-0.05, 0) is 18.1 Å². The molecule has 0 aromatic carbocycles. The monoisotopic (exact) mass is 243 g/mol. The normalized spacial score (nSPS) is 18.5. The predicted octanol–water partition coefficient (Wildman–Crippen LogP) is 2.20. The van der Waals surface area contributed by atoms with Crippen LogP contribution in [0, 0.1) is 0 Å². The molecule has 0 spiro atoms.